The summed E-state index contributed by atoms with van der Waals surface area (Å²) in [6, 6.07) is 10.8. The first-order valence-corrected chi connectivity index (χ1v) is 13.5. The highest BCUT2D eigenvalue weighted by atomic mass is 32.1. The van der Waals surface area contributed by atoms with Gasteiger partial charge in [0.2, 0.25) is 0 Å². The molecule has 1 amide bonds. The van der Waals surface area contributed by atoms with Crippen LogP contribution in [0.15, 0.2) is 36.5 Å². The minimum atomic E-state index is -4.63. The highest BCUT2D eigenvalue weighted by Crippen LogP contribution is 2.44. The van der Waals surface area contributed by atoms with E-state index in [1.165, 1.54) is 22.2 Å². The van der Waals surface area contributed by atoms with Crippen LogP contribution in [0.25, 0.3) is 11.1 Å². The summed E-state index contributed by atoms with van der Waals surface area (Å²) in [6.45, 7) is 4.60. The zero-order valence-corrected chi connectivity index (χ0v) is 22.0. The van der Waals surface area contributed by atoms with Crippen molar-refractivity contribution in [3.05, 3.63) is 63.1 Å². The van der Waals surface area contributed by atoms with Crippen LogP contribution >= 0.6 is 11.3 Å². The molecule has 1 fully saturated rings. The highest BCUT2D eigenvalue weighted by Gasteiger charge is 2.39. The molecule has 0 spiro atoms. The average molecular weight is 554 g/mol. The van der Waals surface area contributed by atoms with E-state index in [0.717, 1.165) is 17.0 Å². The lowest BCUT2D eigenvalue weighted by Crippen LogP contribution is -2.38. The molecule has 1 aromatic carbocycles. The number of aromatic nitrogens is 2. The Morgan fingerprint density at radius 2 is 2.10 bits per heavy atom. The summed E-state index contributed by atoms with van der Waals surface area (Å²) < 4.78 is 48.8. The molecule has 2 aliphatic rings. The molecule has 0 aliphatic carbocycles. The molecule has 7 nitrogen and oxygen atoms in total. The first-order chi connectivity index (χ1) is 18.8. The number of hydrogen-bond acceptors (Lipinski definition) is 6. The minimum absolute atomic E-state index is 0.0124. The van der Waals surface area contributed by atoms with E-state index in [0.29, 0.717) is 35.6 Å². The number of morpholine rings is 1. The highest BCUT2D eigenvalue weighted by molar-refractivity contribution is 7.12. The van der Waals surface area contributed by atoms with E-state index in [1.54, 1.807) is 42.2 Å². The van der Waals surface area contributed by atoms with Crippen molar-refractivity contribution in [3.63, 3.8) is 0 Å². The van der Waals surface area contributed by atoms with Gasteiger partial charge in [-0.25, -0.2) is 0 Å². The lowest BCUT2D eigenvalue weighted by Gasteiger charge is -2.33. The van der Waals surface area contributed by atoms with Gasteiger partial charge in [0, 0.05) is 55.2 Å². The van der Waals surface area contributed by atoms with E-state index < -0.39 is 17.8 Å². The van der Waals surface area contributed by atoms with Crippen molar-refractivity contribution in [1.29, 1.82) is 5.26 Å². The monoisotopic (exact) mass is 553 g/mol. The van der Waals surface area contributed by atoms with Crippen molar-refractivity contribution in [1.82, 2.24) is 20.0 Å². The van der Waals surface area contributed by atoms with Crippen molar-refractivity contribution in [3.8, 4) is 29.0 Å². The molecule has 1 unspecified atom stereocenters. The van der Waals surface area contributed by atoms with Gasteiger partial charge in [-0.2, -0.15) is 23.5 Å². The Kier molecular flexibility index (Phi) is 7.76. The summed E-state index contributed by atoms with van der Waals surface area (Å²) in [5.74, 6) is 4.84. The summed E-state index contributed by atoms with van der Waals surface area (Å²) in [7, 11) is 0. The Morgan fingerprint density at radius 3 is 2.82 bits per heavy atom. The molecular formula is C28H26F3N5O2S. The number of nitrogens with zero attached hydrogens (tertiary/aromatic N) is 4. The number of fused-ring (bicyclic) bond motifs is 1. The zero-order chi connectivity index (χ0) is 27.6. The van der Waals surface area contributed by atoms with Gasteiger partial charge in [0.05, 0.1) is 19.3 Å². The smallest absolute Gasteiger partial charge is 0.375 e. The molecule has 5 rings (SSSR count). The molecule has 0 saturated carbocycles. The Morgan fingerprint density at radius 1 is 1.28 bits per heavy atom. The Labute approximate surface area is 228 Å². The molecular weight excluding hydrogens is 527 g/mol. The summed E-state index contributed by atoms with van der Waals surface area (Å²) in [6.07, 6.45) is -2.87. The standard InChI is InChI=1S/C28H26F3N5O2S/c1-2-36-16-24(27(34-36)28(29,30)31)21-8-4-3-7-20(21)23-15-35(17-25-22(23)12-19(13-32)39-25)26(37)9-5-6-18-14-33-10-11-38-18/h3-4,7-8,12,16,18,23,33H,2,6,10-11,14-15,17H2,1H3/t18?,23-/m0/s1. The predicted molar refractivity (Wildman–Crippen MR) is 140 cm³/mol. The largest absolute Gasteiger partial charge is 0.435 e. The van der Waals surface area contributed by atoms with E-state index in [-0.39, 0.29) is 37.2 Å². The van der Waals surface area contributed by atoms with Crippen LogP contribution in [0.5, 0.6) is 0 Å². The third kappa shape index (κ3) is 5.71. The third-order valence-corrected chi connectivity index (χ3v) is 7.90. The lowest BCUT2D eigenvalue weighted by molar-refractivity contribution is -0.141. The Bertz CT molecular complexity index is 1470. The van der Waals surface area contributed by atoms with E-state index in [1.807, 2.05) is 0 Å². The third-order valence-electron chi connectivity index (χ3n) is 6.86. The Balaban J connectivity index is 1.51. The van der Waals surface area contributed by atoms with Crippen LogP contribution in [-0.2, 0) is 28.8 Å². The van der Waals surface area contributed by atoms with Crippen molar-refractivity contribution in [2.24, 2.45) is 0 Å². The number of thiophene rings is 1. The molecule has 1 saturated heterocycles. The van der Waals surface area contributed by atoms with Crippen molar-refractivity contribution >= 4 is 17.2 Å². The van der Waals surface area contributed by atoms with Crippen LogP contribution < -0.4 is 5.32 Å². The molecule has 2 atom stereocenters. The van der Waals surface area contributed by atoms with Crippen LogP contribution in [-0.4, -0.2) is 52.9 Å². The van der Waals surface area contributed by atoms with Gasteiger partial charge in [-0.1, -0.05) is 30.2 Å². The van der Waals surface area contributed by atoms with E-state index >= 15 is 0 Å². The minimum Gasteiger partial charge on any atom is -0.375 e. The molecule has 0 radical (unpaired) electrons. The second kappa shape index (κ2) is 11.2. The summed E-state index contributed by atoms with van der Waals surface area (Å²) in [5.41, 5.74) is 0.914. The van der Waals surface area contributed by atoms with Gasteiger partial charge >= 0.3 is 6.18 Å². The molecule has 3 aromatic rings. The second-order valence-corrected chi connectivity index (χ2v) is 10.5. The maximum absolute atomic E-state index is 14.0. The van der Waals surface area contributed by atoms with Crippen LogP contribution in [0.1, 0.15) is 45.8 Å². The fraction of sp³-hybridized carbons (Fsp3) is 0.393. The second-order valence-electron chi connectivity index (χ2n) is 9.37. The molecule has 1 N–H and O–H groups in total. The lowest BCUT2D eigenvalue weighted by atomic mass is 9.83. The van der Waals surface area contributed by atoms with Crippen LogP contribution in [0.4, 0.5) is 13.2 Å². The molecule has 4 heterocycles. The molecule has 39 heavy (non-hydrogen) atoms. The van der Waals surface area contributed by atoms with Crippen molar-refractivity contribution in [2.75, 3.05) is 26.2 Å². The maximum atomic E-state index is 14.0. The first kappa shape index (κ1) is 26.9. The SMILES string of the molecule is CCn1cc(-c2ccccc2[C@@H]2CN(C(=O)C#CCC3CNCCO3)Cc3sc(C#N)cc32)c(C(F)(F)F)n1. The molecule has 11 heteroatoms. The number of hydrogen-bond donors (Lipinski definition) is 1. The summed E-state index contributed by atoms with van der Waals surface area (Å²) >= 11 is 1.29. The fourth-order valence-corrected chi connectivity index (χ4v) is 6.04. The van der Waals surface area contributed by atoms with Gasteiger partial charge in [-0.3, -0.25) is 9.48 Å². The first-order valence-electron chi connectivity index (χ1n) is 12.6. The molecule has 2 aliphatic heterocycles. The number of benzene rings is 1. The summed E-state index contributed by atoms with van der Waals surface area (Å²) in [4.78, 5) is 16.1. The van der Waals surface area contributed by atoms with Gasteiger partial charge in [0.25, 0.3) is 5.91 Å². The average Bonchev–Trinajstić information content (AvgIpc) is 3.57. The van der Waals surface area contributed by atoms with Crippen LogP contribution in [0.3, 0.4) is 0 Å². The van der Waals surface area contributed by atoms with Crippen LogP contribution in [0.2, 0.25) is 0 Å². The normalized spacial score (nSPS) is 19.1. The molecule has 0 bridgehead atoms. The topological polar surface area (TPSA) is 83.2 Å². The molecule has 202 valence electrons. The number of ether oxygens (including phenoxy) is 1. The predicted octanol–water partition coefficient (Wildman–Crippen LogP) is 4.38. The number of alkyl halides is 3. The van der Waals surface area contributed by atoms with E-state index in [9.17, 15) is 23.2 Å². The van der Waals surface area contributed by atoms with Gasteiger partial charge in [-0.05, 0) is 35.6 Å². The number of carbonyl (C=O) groups excluding carboxylic acids is 1. The van der Waals surface area contributed by atoms with Crippen molar-refractivity contribution < 1.29 is 22.7 Å². The molecule has 2 aromatic heterocycles. The number of halogens is 3. The number of amides is 1. The van der Waals surface area contributed by atoms with Gasteiger partial charge in [-0.15, -0.1) is 11.3 Å². The van der Waals surface area contributed by atoms with E-state index in [4.69, 9.17) is 4.74 Å². The number of aryl methyl sites for hydroxylation is 1. The van der Waals surface area contributed by atoms with E-state index in [2.05, 4.69) is 28.3 Å². The van der Waals surface area contributed by atoms with Gasteiger partial charge in [0.1, 0.15) is 10.9 Å². The maximum Gasteiger partial charge on any atom is 0.435 e. The number of carbonyl (C=O) groups is 1. The van der Waals surface area contributed by atoms with Gasteiger partial charge < -0.3 is 15.0 Å². The summed E-state index contributed by atoms with van der Waals surface area (Å²) in [5, 5.41) is 16.6. The Hall–Kier alpha value is -3.64. The fourth-order valence-electron chi connectivity index (χ4n) is 5.00. The van der Waals surface area contributed by atoms with Crippen LogP contribution in [0, 0.1) is 23.2 Å². The zero-order valence-electron chi connectivity index (χ0n) is 21.2. The quantitative estimate of drug-likeness (QED) is 0.485. The number of rotatable bonds is 4. The van der Waals surface area contributed by atoms with Crippen molar-refractivity contribution in [2.45, 2.75) is 44.6 Å². The number of nitriles is 1. The van der Waals surface area contributed by atoms with Gasteiger partial charge in [0.15, 0.2) is 5.69 Å². The number of nitrogens with one attached hydrogen (secondary N) is 1.